The van der Waals surface area contributed by atoms with Crippen LogP contribution >= 0.6 is 11.6 Å². The van der Waals surface area contributed by atoms with Crippen LogP contribution in [0.1, 0.15) is 24.0 Å². The third-order valence-corrected chi connectivity index (χ3v) is 5.02. The van der Waals surface area contributed by atoms with Gasteiger partial charge in [0.2, 0.25) is 0 Å². The van der Waals surface area contributed by atoms with Crippen molar-refractivity contribution in [2.75, 3.05) is 0 Å². The number of imidazole rings is 1. The monoisotopic (exact) mass is 395 g/mol. The summed E-state index contributed by atoms with van der Waals surface area (Å²) in [6, 6.07) is 7.47. The summed E-state index contributed by atoms with van der Waals surface area (Å²) in [7, 11) is 0. The zero-order chi connectivity index (χ0) is 19.0. The third kappa shape index (κ3) is 3.89. The molecule has 1 N–H and O–H groups in total. The molecule has 8 heteroatoms. The predicted octanol–water partition coefficient (Wildman–Crippen LogP) is 4.71. The van der Waals surface area contributed by atoms with E-state index >= 15 is 0 Å². The lowest BCUT2D eigenvalue weighted by Crippen LogP contribution is -2.46. The van der Waals surface area contributed by atoms with Crippen LogP contribution < -0.4 is 10.1 Å². The van der Waals surface area contributed by atoms with Crippen LogP contribution in [0.3, 0.4) is 0 Å². The number of benzene rings is 1. The number of fused-ring (bicyclic) bond motifs is 1. The summed E-state index contributed by atoms with van der Waals surface area (Å²) in [5, 5.41) is 3.44. The quantitative estimate of drug-likeness (QED) is 0.680. The summed E-state index contributed by atoms with van der Waals surface area (Å²) >= 11 is 5.93. The van der Waals surface area contributed by atoms with Gasteiger partial charge >= 0.3 is 6.18 Å². The van der Waals surface area contributed by atoms with Crippen LogP contribution in [0.15, 0.2) is 48.9 Å². The average molecular weight is 396 g/mol. The van der Waals surface area contributed by atoms with Crippen LogP contribution in [-0.4, -0.2) is 21.5 Å². The molecule has 2 aromatic heterocycles. The molecule has 142 valence electrons. The van der Waals surface area contributed by atoms with Crippen molar-refractivity contribution >= 4 is 17.2 Å². The fourth-order valence-corrected chi connectivity index (χ4v) is 3.41. The van der Waals surface area contributed by atoms with Crippen LogP contribution in [0, 0.1) is 0 Å². The number of nitrogens with one attached hydrogen (secondary N) is 1. The predicted molar refractivity (Wildman–Crippen MR) is 95.9 cm³/mol. The Morgan fingerprint density at radius 2 is 2.04 bits per heavy atom. The Morgan fingerprint density at radius 1 is 1.22 bits per heavy atom. The standard InChI is InChI=1S/C19H17ClF3N3O/c20-16-8-13(19(21,22)23)3-4-17(16)27-15-9-14(10-15)25-11-12-2-1-6-26-7-5-24-18(12)26/h1-8,14-15,25H,9-11H2. The van der Waals surface area contributed by atoms with Crippen molar-refractivity contribution in [3.8, 4) is 5.75 Å². The van der Waals surface area contributed by atoms with E-state index in [9.17, 15) is 13.2 Å². The zero-order valence-electron chi connectivity index (χ0n) is 14.2. The fraction of sp³-hybridized carbons (Fsp3) is 0.316. The van der Waals surface area contributed by atoms with Crippen molar-refractivity contribution in [2.45, 2.75) is 37.7 Å². The van der Waals surface area contributed by atoms with Gasteiger partial charge in [0.1, 0.15) is 17.5 Å². The van der Waals surface area contributed by atoms with Crippen LogP contribution in [0.2, 0.25) is 5.02 Å². The summed E-state index contributed by atoms with van der Waals surface area (Å²) in [5.41, 5.74) is 1.26. The number of rotatable bonds is 5. The second-order valence-electron chi connectivity index (χ2n) is 6.62. The van der Waals surface area contributed by atoms with Crippen molar-refractivity contribution < 1.29 is 17.9 Å². The molecule has 0 amide bonds. The van der Waals surface area contributed by atoms with Gasteiger partial charge in [0.05, 0.1) is 10.6 Å². The highest BCUT2D eigenvalue weighted by Crippen LogP contribution is 2.36. The Balaban J connectivity index is 1.29. The molecule has 3 aromatic rings. The Hall–Kier alpha value is -2.25. The highest BCUT2D eigenvalue weighted by atomic mass is 35.5. The Kier molecular flexibility index (Phi) is 4.74. The normalized spacial score (nSPS) is 19.9. The smallest absolute Gasteiger partial charge is 0.416 e. The highest BCUT2D eigenvalue weighted by Gasteiger charge is 2.33. The van der Waals surface area contributed by atoms with Gasteiger partial charge in [0.25, 0.3) is 0 Å². The molecule has 1 aliphatic rings. The molecule has 4 nitrogen and oxygen atoms in total. The van der Waals surface area contributed by atoms with Crippen LogP contribution in [-0.2, 0) is 12.7 Å². The lowest BCUT2D eigenvalue weighted by Gasteiger charge is -2.36. The molecule has 0 bridgehead atoms. The second-order valence-corrected chi connectivity index (χ2v) is 7.03. The van der Waals surface area contributed by atoms with E-state index in [1.807, 2.05) is 28.9 Å². The van der Waals surface area contributed by atoms with Gasteiger partial charge in [-0.3, -0.25) is 0 Å². The van der Waals surface area contributed by atoms with E-state index < -0.39 is 11.7 Å². The molecule has 4 rings (SSSR count). The molecule has 0 saturated heterocycles. The van der Waals surface area contributed by atoms with Gasteiger partial charge in [0, 0.05) is 36.7 Å². The lowest BCUT2D eigenvalue weighted by molar-refractivity contribution is -0.137. The zero-order valence-corrected chi connectivity index (χ0v) is 15.0. The molecule has 1 saturated carbocycles. The van der Waals surface area contributed by atoms with Crippen molar-refractivity contribution in [1.82, 2.24) is 14.7 Å². The molecule has 0 radical (unpaired) electrons. The number of ether oxygens (including phenoxy) is 1. The van der Waals surface area contributed by atoms with Gasteiger partial charge in [-0.1, -0.05) is 17.7 Å². The summed E-state index contributed by atoms with van der Waals surface area (Å²) in [6.45, 7) is 0.694. The topological polar surface area (TPSA) is 38.6 Å². The van der Waals surface area contributed by atoms with Crippen molar-refractivity contribution in [2.24, 2.45) is 0 Å². The Labute approximate surface area is 158 Å². The number of pyridine rings is 1. The van der Waals surface area contributed by atoms with E-state index in [1.54, 1.807) is 6.20 Å². The third-order valence-electron chi connectivity index (χ3n) is 4.73. The van der Waals surface area contributed by atoms with Crippen molar-refractivity contribution in [3.05, 3.63) is 65.1 Å². The molecule has 0 aliphatic heterocycles. The van der Waals surface area contributed by atoms with Gasteiger partial charge in [-0.15, -0.1) is 0 Å². The van der Waals surface area contributed by atoms with E-state index in [0.717, 1.165) is 36.2 Å². The molecule has 0 atom stereocenters. The van der Waals surface area contributed by atoms with Gasteiger partial charge < -0.3 is 14.5 Å². The number of hydrogen-bond acceptors (Lipinski definition) is 3. The highest BCUT2D eigenvalue weighted by molar-refractivity contribution is 6.32. The molecule has 0 spiro atoms. The fourth-order valence-electron chi connectivity index (χ4n) is 3.18. The molecule has 0 unspecified atom stereocenters. The van der Waals surface area contributed by atoms with Crippen LogP contribution in [0.4, 0.5) is 13.2 Å². The minimum absolute atomic E-state index is 0.0211. The molecular weight excluding hydrogens is 379 g/mol. The Bertz CT molecular complexity index is 951. The van der Waals surface area contributed by atoms with Gasteiger partial charge in [-0.2, -0.15) is 13.2 Å². The first kappa shape index (κ1) is 18.1. The summed E-state index contributed by atoms with van der Waals surface area (Å²) in [6.07, 6.45) is 2.70. The van der Waals surface area contributed by atoms with E-state index in [0.29, 0.717) is 12.6 Å². The first-order valence-electron chi connectivity index (χ1n) is 8.57. The van der Waals surface area contributed by atoms with E-state index in [-0.39, 0.29) is 16.9 Å². The maximum absolute atomic E-state index is 12.7. The minimum Gasteiger partial charge on any atom is -0.489 e. The number of nitrogens with zero attached hydrogens (tertiary/aromatic N) is 2. The van der Waals surface area contributed by atoms with E-state index in [1.165, 1.54) is 6.07 Å². The Morgan fingerprint density at radius 3 is 2.78 bits per heavy atom. The van der Waals surface area contributed by atoms with Gasteiger partial charge in [0.15, 0.2) is 0 Å². The molecular formula is C19H17ClF3N3O. The summed E-state index contributed by atoms with van der Waals surface area (Å²) < 4.78 is 45.7. The van der Waals surface area contributed by atoms with Gasteiger partial charge in [-0.25, -0.2) is 4.98 Å². The van der Waals surface area contributed by atoms with Gasteiger partial charge in [-0.05, 0) is 37.1 Å². The number of halogens is 4. The largest absolute Gasteiger partial charge is 0.489 e. The summed E-state index contributed by atoms with van der Waals surface area (Å²) in [4.78, 5) is 4.35. The number of aromatic nitrogens is 2. The van der Waals surface area contributed by atoms with E-state index in [4.69, 9.17) is 16.3 Å². The number of alkyl halides is 3. The maximum Gasteiger partial charge on any atom is 0.416 e. The van der Waals surface area contributed by atoms with Crippen LogP contribution in [0.25, 0.3) is 5.65 Å². The van der Waals surface area contributed by atoms with Crippen LogP contribution in [0.5, 0.6) is 5.75 Å². The first-order chi connectivity index (χ1) is 12.9. The van der Waals surface area contributed by atoms with Crippen molar-refractivity contribution in [3.63, 3.8) is 0 Å². The molecule has 27 heavy (non-hydrogen) atoms. The molecule has 1 aliphatic carbocycles. The average Bonchev–Trinajstić information content (AvgIpc) is 3.06. The molecule has 1 fully saturated rings. The minimum atomic E-state index is -4.41. The maximum atomic E-state index is 12.7. The van der Waals surface area contributed by atoms with Crippen molar-refractivity contribution in [1.29, 1.82) is 0 Å². The van der Waals surface area contributed by atoms with E-state index in [2.05, 4.69) is 10.3 Å². The lowest BCUT2D eigenvalue weighted by atomic mass is 9.89. The second kappa shape index (κ2) is 7.05. The first-order valence-corrected chi connectivity index (χ1v) is 8.95. The summed E-state index contributed by atoms with van der Waals surface area (Å²) in [5.74, 6) is 0.287. The molecule has 2 heterocycles. The molecule has 1 aromatic carbocycles. The SMILES string of the molecule is FC(F)(F)c1ccc(OC2CC(NCc3cccn4ccnc34)C2)c(Cl)c1. The number of hydrogen-bond donors (Lipinski definition) is 1.